The van der Waals surface area contributed by atoms with Crippen molar-refractivity contribution in [1.82, 2.24) is 20.3 Å². The molecule has 0 spiro atoms. The van der Waals surface area contributed by atoms with Crippen LogP contribution in [-0.4, -0.2) is 48.7 Å². The molecule has 0 saturated carbocycles. The highest BCUT2D eigenvalue weighted by atomic mass is 16.5. The van der Waals surface area contributed by atoms with E-state index in [4.69, 9.17) is 9.72 Å². The Morgan fingerprint density at radius 2 is 1.92 bits per heavy atom. The van der Waals surface area contributed by atoms with Gasteiger partial charge in [-0.3, -0.25) is 9.78 Å². The number of pyridine rings is 1. The first-order valence-electron chi connectivity index (χ1n) is 8.67. The van der Waals surface area contributed by atoms with E-state index in [1.54, 1.807) is 19.5 Å². The van der Waals surface area contributed by atoms with Gasteiger partial charge in [0.1, 0.15) is 5.82 Å². The van der Waals surface area contributed by atoms with Crippen molar-refractivity contribution in [1.29, 1.82) is 0 Å². The van der Waals surface area contributed by atoms with E-state index in [0.29, 0.717) is 18.9 Å². The van der Waals surface area contributed by atoms with Gasteiger partial charge in [-0.15, -0.1) is 0 Å². The molecule has 1 unspecified atom stereocenters. The summed E-state index contributed by atoms with van der Waals surface area (Å²) in [6.07, 6.45) is 3.75. The van der Waals surface area contributed by atoms with Gasteiger partial charge in [0.15, 0.2) is 5.82 Å². The summed E-state index contributed by atoms with van der Waals surface area (Å²) < 4.78 is 4.99. The first-order chi connectivity index (χ1) is 12.4. The Bertz CT molecular complexity index is 719. The number of carbonyl (C=O) groups is 1. The number of nitrogens with one attached hydrogen (secondary N) is 1. The van der Waals surface area contributed by atoms with E-state index in [0.717, 1.165) is 17.1 Å². The van der Waals surface area contributed by atoms with Crippen molar-refractivity contribution < 1.29 is 9.53 Å². The van der Waals surface area contributed by atoms with Gasteiger partial charge in [-0.2, -0.15) is 0 Å². The second-order valence-electron chi connectivity index (χ2n) is 6.64. The summed E-state index contributed by atoms with van der Waals surface area (Å²) in [5.41, 5.74) is 1.68. The fourth-order valence-corrected chi connectivity index (χ4v) is 2.49. The van der Waals surface area contributed by atoms with Crippen LogP contribution in [-0.2, 0) is 9.53 Å². The van der Waals surface area contributed by atoms with Crippen LogP contribution in [0.1, 0.15) is 32.0 Å². The van der Waals surface area contributed by atoms with Crippen molar-refractivity contribution in [3.05, 3.63) is 36.3 Å². The van der Waals surface area contributed by atoms with Crippen molar-refractivity contribution in [2.75, 3.05) is 32.7 Å². The van der Waals surface area contributed by atoms with Gasteiger partial charge in [-0.05, 0) is 18.1 Å². The number of amides is 1. The first kappa shape index (κ1) is 19.8. The third kappa shape index (κ3) is 5.23. The molecule has 1 amide bonds. The summed E-state index contributed by atoms with van der Waals surface area (Å²) >= 11 is 0. The molecule has 0 aliphatic rings. The molecule has 2 aromatic rings. The molecule has 140 valence electrons. The minimum absolute atomic E-state index is 0.0546. The van der Waals surface area contributed by atoms with Crippen LogP contribution in [0.4, 0.5) is 5.82 Å². The predicted octanol–water partition coefficient (Wildman–Crippen LogP) is 2.45. The molecule has 1 N–H and O–H groups in total. The standard InChI is InChI=1S/C19H27N5O2/c1-13(2)18(23-17(25)8-11-26-5)15-12-16(24(3)4)22-19(21-15)14-6-9-20-10-7-14/h6-7,9-10,12-13,18H,8,11H2,1-5H3,(H,23,25). The number of anilines is 1. The molecule has 7 nitrogen and oxygen atoms in total. The topological polar surface area (TPSA) is 80.2 Å². The third-order valence-corrected chi connectivity index (χ3v) is 3.96. The molecule has 1 atom stereocenters. The zero-order valence-electron chi connectivity index (χ0n) is 16.1. The number of aromatic nitrogens is 3. The Kier molecular flexibility index (Phi) is 7.03. The number of hydrogen-bond acceptors (Lipinski definition) is 6. The highest BCUT2D eigenvalue weighted by Crippen LogP contribution is 2.26. The van der Waals surface area contributed by atoms with E-state index in [-0.39, 0.29) is 17.9 Å². The number of carbonyl (C=O) groups excluding carboxylic acids is 1. The lowest BCUT2D eigenvalue weighted by Crippen LogP contribution is -2.33. The second-order valence-corrected chi connectivity index (χ2v) is 6.64. The van der Waals surface area contributed by atoms with Crippen molar-refractivity contribution >= 4 is 11.7 Å². The van der Waals surface area contributed by atoms with Crippen LogP contribution in [0.15, 0.2) is 30.6 Å². The monoisotopic (exact) mass is 357 g/mol. The van der Waals surface area contributed by atoms with Crippen molar-refractivity contribution in [2.24, 2.45) is 5.92 Å². The summed E-state index contributed by atoms with van der Waals surface area (Å²) in [7, 11) is 5.45. The van der Waals surface area contributed by atoms with E-state index in [1.165, 1.54) is 0 Å². The highest BCUT2D eigenvalue weighted by Gasteiger charge is 2.22. The van der Waals surface area contributed by atoms with Gasteiger partial charge < -0.3 is 15.0 Å². The Hall–Kier alpha value is -2.54. The Balaban J connectivity index is 2.40. The Labute approximate surface area is 154 Å². The Morgan fingerprint density at radius 3 is 2.50 bits per heavy atom. The number of methoxy groups -OCH3 is 1. The van der Waals surface area contributed by atoms with Gasteiger partial charge in [0.25, 0.3) is 0 Å². The molecule has 0 aromatic carbocycles. The Morgan fingerprint density at radius 1 is 1.23 bits per heavy atom. The lowest BCUT2D eigenvalue weighted by Gasteiger charge is -2.24. The summed E-state index contributed by atoms with van der Waals surface area (Å²) in [6, 6.07) is 5.47. The summed E-state index contributed by atoms with van der Waals surface area (Å²) in [4.78, 5) is 27.5. The molecule has 2 heterocycles. The van der Waals surface area contributed by atoms with E-state index in [2.05, 4.69) is 29.1 Å². The minimum Gasteiger partial charge on any atom is -0.384 e. The molecule has 2 aromatic heterocycles. The van der Waals surface area contributed by atoms with Gasteiger partial charge >= 0.3 is 0 Å². The molecule has 26 heavy (non-hydrogen) atoms. The van der Waals surface area contributed by atoms with Crippen molar-refractivity contribution in [3.63, 3.8) is 0 Å². The molecule has 0 radical (unpaired) electrons. The number of hydrogen-bond donors (Lipinski definition) is 1. The van der Waals surface area contributed by atoms with Crippen LogP contribution in [0.5, 0.6) is 0 Å². The van der Waals surface area contributed by atoms with Crippen molar-refractivity contribution in [3.8, 4) is 11.4 Å². The number of rotatable bonds is 8. The quantitative estimate of drug-likeness (QED) is 0.782. The van der Waals surface area contributed by atoms with E-state index < -0.39 is 0 Å². The molecule has 0 fully saturated rings. The smallest absolute Gasteiger partial charge is 0.222 e. The first-order valence-corrected chi connectivity index (χ1v) is 8.67. The molecular formula is C19H27N5O2. The molecule has 0 bridgehead atoms. The van der Waals surface area contributed by atoms with Gasteiger partial charge in [0.05, 0.1) is 18.3 Å². The minimum atomic E-state index is -0.207. The fourth-order valence-electron chi connectivity index (χ4n) is 2.49. The second kappa shape index (κ2) is 9.24. The zero-order chi connectivity index (χ0) is 19.1. The normalized spacial score (nSPS) is 12.1. The third-order valence-electron chi connectivity index (χ3n) is 3.96. The van der Waals surface area contributed by atoms with Gasteiger partial charge in [-0.1, -0.05) is 13.8 Å². The molecular weight excluding hydrogens is 330 g/mol. The molecule has 0 aliphatic carbocycles. The maximum atomic E-state index is 12.2. The van der Waals surface area contributed by atoms with Gasteiger partial charge in [-0.25, -0.2) is 9.97 Å². The maximum absolute atomic E-state index is 12.2. The van der Waals surface area contributed by atoms with Crippen LogP contribution in [0, 0.1) is 5.92 Å². The highest BCUT2D eigenvalue weighted by molar-refractivity contribution is 5.76. The largest absolute Gasteiger partial charge is 0.384 e. The van der Waals surface area contributed by atoms with Crippen LogP contribution in [0.2, 0.25) is 0 Å². The predicted molar refractivity (Wildman–Crippen MR) is 102 cm³/mol. The SMILES string of the molecule is COCCC(=O)NC(c1cc(N(C)C)nc(-c2ccncc2)n1)C(C)C. The summed E-state index contributed by atoms with van der Waals surface area (Å²) in [5.74, 6) is 1.53. The van der Waals surface area contributed by atoms with E-state index in [9.17, 15) is 4.79 Å². The van der Waals surface area contributed by atoms with Crippen LogP contribution in [0.25, 0.3) is 11.4 Å². The lowest BCUT2D eigenvalue weighted by molar-refractivity contribution is -0.123. The average Bonchev–Trinajstić information content (AvgIpc) is 2.64. The van der Waals surface area contributed by atoms with Gasteiger partial charge in [0.2, 0.25) is 5.91 Å². The van der Waals surface area contributed by atoms with Crippen LogP contribution in [0.3, 0.4) is 0 Å². The fraction of sp³-hybridized carbons (Fsp3) is 0.474. The molecule has 2 rings (SSSR count). The zero-order valence-corrected chi connectivity index (χ0v) is 16.1. The van der Waals surface area contributed by atoms with E-state index >= 15 is 0 Å². The average molecular weight is 357 g/mol. The number of ether oxygens (including phenoxy) is 1. The number of nitrogens with zero attached hydrogens (tertiary/aromatic N) is 4. The lowest BCUT2D eigenvalue weighted by atomic mass is 10.00. The van der Waals surface area contributed by atoms with Crippen molar-refractivity contribution in [2.45, 2.75) is 26.3 Å². The maximum Gasteiger partial charge on any atom is 0.222 e. The van der Waals surface area contributed by atoms with Crippen LogP contribution < -0.4 is 10.2 Å². The molecule has 0 aliphatic heterocycles. The molecule has 0 saturated heterocycles. The molecule has 7 heteroatoms. The summed E-state index contributed by atoms with van der Waals surface area (Å²) in [6.45, 7) is 4.52. The van der Waals surface area contributed by atoms with E-state index in [1.807, 2.05) is 37.2 Å². The van der Waals surface area contributed by atoms with Crippen LogP contribution >= 0.6 is 0 Å². The summed E-state index contributed by atoms with van der Waals surface area (Å²) in [5, 5.41) is 3.07. The van der Waals surface area contributed by atoms with Gasteiger partial charge in [0, 0.05) is 51.6 Å².